The number of nitrogens with zero attached hydrogens (tertiary/aromatic N) is 1. The van der Waals surface area contributed by atoms with E-state index < -0.39 is 11.2 Å². The number of benzene rings is 1. The Bertz CT molecular complexity index is 607. The molecule has 100 valence electrons. The molecular formula is C12H8F3NO2S. The summed E-state index contributed by atoms with van der Waals surface area (Å²) < 4.78 is 42.3. The van der Waals surface area contributed by atoms with Crippen molar-refractivity contribution in [3.8, 4) is 16.2 Å². The monoisotopic (exact) mass is 287 g/mol. The van der Waals surface area contributed by atoms with Crippen molar-refractivity contribution in [2.45, 2.75) is 6.18 Å². The molecule has 3 nitrogen and oxygen atoms in total. The summed E-state index contributed by atoms with van der Waals surface area (Å²) >= 11 is 0.533. The quantitative estimate of drug-likeness (QED) is 0.809. The maximum absolute atomic E-state index is 12.5. The summed E-state index contributed by atoms with van der Waals surface area (Å²) in [6, 6.07) is 4.59. The number of thiazole rings is 1. The molecule has 0 fully saturated rings. The molecule has 0 amide bonds. The molecule has 0 saturated carbocycles. The number of aromatic nitrogens is 1. The Kier molecular flexibility index (Phi) is 3.57. The second-order valence-corrected chi connectivity index (χ2v) is 4.63. The van der Waals surface area contributed by atoms with E-state index in [1.54, 1.807) is 6.07 Å². The Morgan fingerprint density at radius 1 is 1.37 bits per heavy atom. The lowest BCUT2D eigenvalue weighted by molar-refractivity contribution is -0.137. The minimum Gasteiger partial charge on any atom is -0.496 e. The van der Waals surface area contributed by atoms with Crippen LogP contribution in [0.4, 0.5) is 13.2 Å². The van der Waals surface area contributed by atoms with Gasteiger partial charge in [0.2, 0.25) is 0 Å². The van der Waals surface area contributed by atoms with Crippen molar-refractivity contribution < 1.29 is 22.7 Å². The van der Waals surface area contributed by atoms with E-state index >= 15 is 0 Å². The highest BCUT2D eigenvalue weighted by Gasteiger charge is 2.34. The Hall–Kier alpha value is -1.89. The van der Waals surface area contributed by atoms with Crippen molar-refractivity contribution in [2.24, 2.45) is 0 Å². The Labute approximate surface area is 110 Å². The lowest BCUT2D eigenvalue weighted by Crippen LogP contribution is -2.02. The number of halogens is 3. The first-order valence-corrected chi connectivity index (χ1v) is 5.94. The zero-order chi connectivity index (χ0) is 14.0. The van der Waals surface area contributed by atoms with Crippen LogP contribution in [-0.4, -0.2) is 18.4 Å². The standard InChI is InChI=1S/C12H8F3NO2S/c1-18-9-3-2-7(4-8(9)6-17)10-5-16-11(19-10)12(13,14)15/h2-6H,1H3. The molecule has 0 aliphatic carbocycles. The number of carbonyl (C=O) groups excluding carboxylic acids is 1. The lowest BCUT2D eigenvalue weighted by Gasteiger charge is -2.05. The van der Waals surface area contributed by atoms with E-state index in [2.05, 4.69) is 4.98 Å². The fourth-order valence-electron chi connectivity index (χ4n) is 1.52. The van der Waals surface area contributed by atoms with Crippen molar-refractivity contribution in [3.63, 3.8) is 0 Å². The number of rotatable bonds is 3. The first-order chi connectivity index (χ1) is 8.95. The van der Waals surface area contributed by atoms with Crippen LogP contribution in [-0.2, 0) is 6.18 Å². The fraction of sp³-hybridized carbons (Fsp3) is 0.167. The van der Waals surface area contributed by atoms with Crippen LogP contribution in [0.5, 0.6) is 5.75 Å². The first-order valence-electron chi connectivity index (χ1n) is 5.12. The Balaban J connectivity index is 2.42. The predicted octanol–water partition coefficient (Wildman–Crippen LogP) is 3.65. The lowest BCUT2D eigenvalue weighted by atomic mass is 10.1. The molecule has 1 aromatic heterocycles. The molecule has 1 aromatic carbocycles. The smallest absolute Gasteiger partial charge is 0.443 e. The molecule has 0 saturated heterocycles. The van der Waals surface area contributed by atoms with Crippen LogP contribution in [0.15, 0.2) is 24.4 Å². The highest BCUT2D eigenvalue weighted by atomic mass is 32.1. The Morgan fingerprint density at radius 3 is 2.63 bits per heavy atom. The van der Waals surface area contributed by atoms with Crippen molar-refractivity contribution in [1.82, 2.24) is 4.98 Å². The van der Waals surface area contributed by atoms with Gasteiger partial charge in [0.1, 0.15) is 5.75 Å². The zero-order valence-electron chi connectivity index (χ0n) is 9.69. The van der Waals surface area contributed by atoms with Gasteiger partial charge in [-0.3, -0.25) is 4.79 Å². The van der Waals surface area contributed by atoms with E-state index in [4.69, 9.17) is 4.74 Å². The van der Waals surface area contributed by atoms with Gasteiger partial charge in [-0.15, -0.1) is 11.3 Å². The minimum absolute atomic E-state index is 0.280. The van der Waals surface area contributed by atoms with Gasteiger partial charge in [-0.1, -0.05) is 0 Å². The van der Waals surface area contributed by atoms with Crippen LogP contribution < -0.4 is 4.74 Å². The molecule has 0 spiro atoms. The molecule has 0 bridgehead atoms. The molecular weight excluding hydrogens is 279 g/mol. The number of aldehydes is 1. The van der Waals surface area contributed by atoms with Gasteiger partial charge in [0.15, 0.2) is 11.3 Å². The van der Waals surface area contributed by atoms with Crippen LogP contribution in [0, 0.1) is 0 Å². The maximum Gasteiger partial charge on any atom is 0.443 e. The van der Waals surface area contributed by atoms with Crippen molar-refractivity contribution in [3.05, 3.63) is 35.0 Å². The van der Waals surface area contributed by atoms with Gasteiger partial charge in [-0.05, 0) is 23.8 Å². The van der Waals surface area contributed by atoms with Crippen molar-refractivity contribution in [1.29, 1.82) is 0 Å². The molecule has 0 N–H and O–H groups in total. The second kappa shape index (κ2) is 5.00. The molecule has 0 radical (unpaired) electrons. The third kappa shape index (κ3) is 2.76. The summed E-state index contributed by atoms with van der Waals surface area (Å²) in [7, 11) is 1.41. The summed E-state index contributed by atoms with van der Waals surface area (Å²) in [5.41, 5.74) is 0.776. The Morgan fingerprint density at radius 2 is 2.11 bits per heavy atom. The van der Waals surface area contributed by atoms with E-state index in [9.17, 15) is 18.0 Å². The van der Waals surface area contributed by atoms with E-state index in [0.717, 1.165) is 6.20 Å². The molecule has 7 heteroatoms. The van der Waals surface area contributed by atoms with Gasteiger partial charge in [0, 0.05) is 6.20 Å². The molecule has 1 heterocycles. The van der Waals surface area contributed by atoms with Crippen LogP contribution in [0.25, 0.3) is 10.4 Å². The zero-order valence-corrected chi connectivity index (χ0v) is 10.5. The van der Waals surface area contributed by atoms with E-state index in [1.165, 1.54) is 19.2 Å². The van der Waals surface area contributed by atoms with Crippen LogP contribution in [0.1, 0.15) is 15.4 Å². The molecule has 0 aliphatic rings. The van der Waals surface area contributed by atoms with Crippen molar-refractivity contribution in [2.75, 3.05) is 7.11 Å². The third-order valence-corrected chi connectivity index (χ3v) is 3.48. The van der Waals surface area contributed by atoms with Crippen LogP contribution in [0.3, 0.4) is 0 Å². The molecule has 19 heavy (non-hydrogen) atoms. The second-order valence-electron chi connectivity index (χ2n) is 3.60. The largest absolute Gasteiger partial charge is 0.496 e. The number of ether oxygens (including phenoxy) is 1. The molecule has 0 aliphatic heterocycles. The van der Waals surface area contributed by atoms with E-state index in [1.807, 2.05) is 0 Å². The summed E-state index contributed by atoms with van der Waals surface area (Å²) in [6.45, 7) is 0. The summed E-state index contributed by atoms with van der Waals surface area (Å²) in [6.07, 6.45) is -2.72. The fourth-order valence-corrected chi connectivity index (χ4v) is 2.30. The van der Waals surface area contributed by atoms with Gasteiger partial charge in [-0.2, -0.15) is 13.2 Å². The normalized spacial score (nSPS) is 11.4. The first kappa shape index (κ1) is 13.5. The predicted molar refractivity (Wildman–Crippen MR) is 64.5 cm³/mol. The molecule has 0 unspecified atom stereocenters. The summed E-state index contributed by atoms with van der Waals surface area (Å²) in [4.78, 5) is 14.5. The minimum atomic E-state index is -4.46. The van der Waals surface area contributed by atoms with E-state index in [-0.39, 0.29) is 5.56 Å². The number of hydrogen-bond acceptors (Lipinski definition) is 4. The molecule has 0 atom stereocenters. The number of hydrogen-bond donors (Lipinski definition) is 0. The topological polar surface area (TPSA) is 39.2 Å². The average molecular weight is 287 g/mol. The molecule has 2 rings (SSSR count). The van der Waals surface area contributed by atoms with Crippen LogP contribution >= 0.6 is 11.3 Å². The van der Waals surface area contributed by atoms with Gasteiger partial charge >= 0.3 is 6.18 Å². The van der Waals surface area contributed by atoms with E-state index in [0.29, 0.717) is 33.8 Å². The van der Waals surface area contributed by atoms with Crippen LogP contribution in [0.2, 0.25) is 0 Å². The third-order valence-electron chi connectivity index (χ3n) is 2.39. The number of carbonyl (C=O) groups is 1. The summed E-state index contributed by atoms with van der Waals surface area (Å²) in [5.74, 6) is 0.374. The summed E-state index contributed by atoms with van der Waals surface area (Å²) in [5, 5.41) is -0.911. The molecule has 2 aromatic rings. The SMILES string of the molecule is COc1ccc(-c2cnc(C(F)(F)F)s2)cc1C=O. The highest BCUT2D eigenvalue weighted by molar-refractivity contribution is 7.15. The van der Waals surface area contributed by atoms with Gasteiger partial charge in [0.25, 0.3) is 0 Å². The highest BCUT2D eigenvalue weighted by Crippen LogP contribution is 2.37. The van der Waals surface area contributed by atoms with Gasteiger partial charge in [0.05, 0.1) is 17.6 Å². The number of methoxy groups -OCH3 is 1. The maximum atomic E-state index is 12.5. The van der Waals surface area contributed by atoms with Gasteiger partial charge < -0.3 is 4.74 Å². The number of alkyl halides is 3. The van der Waals surface area contributed by atoms with Gasteiger partial charge in [-0.25, -0.2) is 4.98 Å². The average Bonchev–Trinajstić information content (AvgIpc) is 2.87. The van der Waals surface area contributed by atoms with Crippen molar-refractivity contribution >= 4 is 17.6 Å².